The van der Waals surface area contributed by atoms with E-state index in [2.05, 4.69) is 10.3 Å². The number of anilines is 1. The molecule has 1 heterocycles. The molecule has 0 saturated heterocycles. The van der Waals surface area contributed by atoms with Crippen molar-refractivity contribution >= 4 is 40.2 Å². The zero-order valence-electron chi connectivity index (χ0n) is 15.4. The number of amides is 1. The van der Waals surface area contributed by atoms with Crippen molar-refractivity contribution in [2.75, 3.05) is 5.32 Å². The number of aromatic nitrogens is 1. The second-order valence-corrected chi connectivity index (χ2v) is 6.10. The maximum atomic E-state index is 12.2. The van der Waals surface area contributed by atoms with Gasteiger partial charge in [-0.1, -0.05) is 36.4 Å². The summed E-state index contributed by atoms with van der Waals surface area (Å²) in [5.74, 6) is -1.41. The summed E-state index contributed by atoms with van der Waals surface area (Å²) in [5.41, 5.74) is 1.14. The molecule has 0 radical (unpaired) electrons. The van der Waals surface area contributed by atoms with E-state index in [0.29, 0.717) is 5.69 Å². The first-order chi connectivity index (χ1) is 13.9. The van der Waals surface area contributed by atoms with Gasteiger partial charge in [0.15, 0.2) is 6.10 Å². The summed E-state index contributed by atoms with van der Waals surface area (Å²) in [7, 11) is 0. The van der Waals surface area contributed by atoms with Crippen LogP contribution in [0, 0.1) is 10.1 Å². The molecule has 0 aliphatic rings. The molecular formula is C21H17N3O5. The largest absolute Gasteiger partial charge is 0.449 e. The molecule has 0 fully saturated rings. The summed E-state index contributed by atoms with van der Waals surface area (Å²) in [6.45, 7) is 1.38. The zero-order valence-corrected chi connectivity index (χ0v) is 15.4. The van der Waals surface area contributed by atoms with Crippen molar-refractivity contribution < 1.29 is 19.2 Å². The molecule has 8 nitrogen and oxygen atoms in total. The highest BCUT2D eigenvalue weighted by atomic mass is 16.6. The Balaban J connectivity index is 1.61. The van der Waals surface area contributed by atoms with E-state index in [1.165, 1.54) is 37.3 Å². The molecule has 0 spiro atoms. The van der Waals surface area contributed by atoms with E-state index >= 15 is 0 Å². The zero-order chi connectivity index (χ0) is 20.8. The maximum Gasteiger partial charge on any atom is 0.331 e. The van der Waals surface area contributed by atoms with Crippen molar-refractivity contribution in [1.82, 2.24) is 4.98 Å². The van der Waals surface area contributed by atoms with Gasteiger partial charge in [0.2, 0.25) is 0 Å². The fourth-order valence-electron chi connectivity index (χ4n) is 2.57. The third kappa shape index (κ3) is 5.01. The van der Waals surface area contributed by atoms with Crippen LogP contribution in [0.1, 0.15) is 12.6 Å². The summed E-state index contributed by atoms with van der Waals surface area (Å²) >= 11 is 0. The molecule has 1 atom stereocenters. The van der Waals surface area contributed by atoms with Crippen molar-refractivity contribution in [2.45, 2.75) is 13.0 Å². The van der Waals surface area contributed by atoms with Crippen molar-refractivity contribution in [3.8, 4) is 0 Å². The van der Waals surface area contributed by atoms with Crippen LogP contribution < -0.4 is 5.32 Å². The summed E-state index contributed by atoms with van der Waals surface area (Å²) in [6.07, 6.45) is 1.52. The van der Waals surface area contributed by atoms with Crippen LogP contribution in [0.25, 0.3) is 17.0 Å². The number of nitro groups is 1. The van der Waals surface area contributed by atoms with Crippen LogP contribution in [0.4, 0.5) is 11.4 Å². The minimum Gasteiger partial charge on any atom is -0.449 e. The van der Waals surface area contributed by atoms with Gasteiger partial charge in [0.05, 0.1) is 16.1 Å². The Morgan fingerprint density at radius 1 is 1.10 bits per heavy atom. The molecule has 0 saturated carbocycles. The quantitative estimate of drug-likeness (QED) is 0.297. The molecule has 3 rings (SSSR count). The van der Waals surface area contributed by atoms with Gasteiger partial charge < -0.3 is 10.1 Å². The van der Waals surface area contributed by atoms with Crippen LogP contribution in [0.15, 0.2) is 66.7 Å². The number of hydrogen-bond donors (Lipinski definition) is 1. The van der Waals surface area contributed by atoms with Crippen molar-refractivity contribution in [3.05, 3.63) is 82.5 Å². The maximum absolute atomic E-state index is 12.2. The number of nitro benzene ring substituents is 1. The number of para-hydroxylation sites is 3. The number of esters is 1. The number of carbonyl (C=O) groups is 2. The van der Waals surface area contributed by atoms with Gasteiger partial charge in [-0.3, -0.25) is 14.9 Å². The Bertz CT molecular complexity index is 1110. The second kappa shape index (κ2) is 8.75. The number of nitrogens with one attached hydrogen (secondary N) is 1. The van der Waals surface area contributed by atoms with Crippen LogP contribution in [0.5, 0.6) is 0 Å². The number of fused-ring (bicyclic) bond motifs is 1. The molecule has 0 aliphatic carbocycles. The lowest BCUT2D eigenvalue weighted by molar-refractivity contribution is -0.383. The predicted molar refractivity (Wildman–Crippen MR) is 108 cm³/mol. The molecule has 1 amide bonds. The van der Waals surface area contributed by atoms with E-state index in [1.54, 1.807) is 12.1 Å². The summed E-state index contributed by atoms with van der Waals surface area (Å²) < 4.78 is 5.06. The number of nitrogens with zero attached hydrogens (tertiary/aromatic N) is 2. The minimum absolute atomic E-state index is 0.0290. The Hall–Kier alpha value is -4.07. The molecule has 0 bridgehead atoms. The predicted octanol–water partition coefficient (Wildman–Crippen LogP) is 3.73. The van der Waals surface area contributed by atoms with Gasteiger partial charge in [-0.25, -0.2) is 9.78 Å². The Kier molecular flexibility index (Phi) is 5.94. The van der Waals surface area contributed by atoms with Gasteiger partial charge >= 0.3 is 5.97 Å². The van der Waals surface area contributed by atoms with Crippen LogP contribution in [-0.2, 0) is 14.3 Å². The molecule has 0 aliphatic heterocycles. The lowest BCUT2D eigenvalue weighted by atomic mass is 10.2. The first kappa shape index (κ1) is 19.7. The van der Waals surface area contributed by atoms with Crippen molar-refractivity contribution in [1.29, 1.82) is 0 Å². The van der Waals surface area contributed by atoms with Gasteiger partial charge in [-0.2, -0.15) is 0 Å². The lowest BCUT2D eigenvalue weighted by Crippen LogP contribution is -2.29. The second-order valence-electron chi connectivity index (χ2n) is 6.10. The Labute approximate surface area is 166 Å². The number of pyridine rings is 1. The highest BCUT2D eigenvalue weighted by Gasteiger charge is 2.20. The average Bonchev–Trinajstić information content (AvgIpc) is 2.72. The topological polar surface area (TPSA) is 111 Å². The third-order valence-corrected chi connectivity index (χ3v) is 4.03. The number of benzene rings is 2. The van der Waals surface area contributed by atoms with E-state index in [9.17, 15) is 19.7 Å². The van der Waals surface area contributed by atoms with E-state index < -0.39 is 22.9 Å². The number of hydrogen-bond acceptors (Lipinski definition) is 6. The van der Waals surface area contributed by atoms with Gasteiger partial charge in [-0.05, 0) is 31.2 Å². The highest BCUT2D eigenvalue weighted by Crippen LogP contribution is 2.23. The van der Waals surface area contributed by atoms with E-state index in [-0.39, 0.29) is 11.4 Å². The third-order valence-electron chi connectivity index (χ3n) is 4.03. The first-order valence-electron chi connectivity index (χ1n) is 8.73. The fraction of sp³-hybridized carbons (Fsp3) is 0.0952. The number of ether oxygens (including phenoxy) is 1. The number of rotatable bonds is 6. The Morgan fingerprint density at radius 2 is 1.83 bits per heavy atom. The summed E-state index contributed by atoms with van der Waals surface area (Å²) in [4.78, 5) is 39.0. The standard InChI is InChI=1S/C21H17N3O5/c1-14(21(26)23-18-8-4-5-9-19(18)24(27)28)29-20(25)13-12-16-11-10-15-6-2-3-7-17(15)22-16/h2-14H,1H3,(H,23,26)/b13-12+. The molecular weight excluding hydrogens is 374 g/mol. The molecule has 1 unspecified atom stereocenters. The lowest BCUT2D eigenvalue weighted by Gasteiger charge is -2.12. The van der Waals surface area contributed by atoms with E-state index in [0.717, 1.165) is 10.9 Å². The molecule has 29 heavy (non-hydrogen) atoms. The summed E-state index contributed by atoms with van der Waals surface area (Å²) in [5, 5.41) is 14.4. The molecule has 3 aromatic rings. The van der Waals surface area contributed by atoms with E-state index in [1.807, 2.05) is 30.3 Å². The monoisotopic (exact) mass is 391 g/mol. The fourth-order valence-corrected chi connectivity index (χ4v) is 2.57. The van der Waals surface area contributed by atoms with Gasteiger partial charge in [0.25, 0.3) is 11.6 Å². The average molecular weight is 391 g/mol. The summed E-state index contributed by atoms with van der Waals surface area (Å²) in [6, 6.07) is 16.9. The highest BCUT2D eigenvalue weighted by molar-refractivity contribution is 5.98. The minimum atomic E-state index is -1.14. The SMILES string of the molecule is CC(OC(=O)/C=C/c1ccc2ccccc2n1)C(=O)Nc1ccccc1[N+](=O)[O-]. The Morgan fingerprint density at radius 3 is 2.62 bits per heavy atom. The van der Waals surface area contributed by atoms with Crippen molar-refractivity contribution in [2.24, 2.45) is 0 Å². The van der Waals surface area contributed by atoms with Crippen LogP contribution in [0.3, 0.4) is 0 Å². The van der Waals surface area contributed by atoms with Crippen LogP contribution in [-0.4, -0.2) is 27.9 Å². The molecule has 8 heteroatoms. The smallest absolute Gasteiger partial charge is 0.331 e. The number of carbonyl (C=O) groups excluding carboxylic acids is 2. The molecule has 1 aromatic heterocycles. The normalized spacial score (nSPS) is 11.9. The van der Waals surface area contributed by atoms with Gasteiger partial charge in [0, 0.05) is 17.5 Å². The molecule has 2 aromatic carbocycles. The van der Waals surface area contributed by atoms with Crippen LogP contribution in [0.2, 0.25) is 0 Å². The van der Waals surface area contributed by atoms with Gasteiger partial charge in [-0.15, -0.1) is 0 Å². The molecule has 1 N–H and O–H groups in total. The van der Waals surface area contributed by atoms with Crippen LogP contribution >= 0.6 is 0 Å². The first-order valence-corrected chi connectivity index (χ1v) is 8.73. The van der Waals surface area contributed by atoms with E-state index in [4.69, 9.17) is 4.74 Å². The van der Waals surface area contributed by atoms with Gasteiger partial charge in [0.1, 0.15) is 5.69 Å². The van der Waals surface area contributed by atoms with Crippen molar-refractivity contribution in [3.63, 3.8) is 0 Å². The molecule has 146 valence electrons.